The molecule has 120 valence electrons. The summed E-state index contributed by atoms with van der Waals surface area (Å²) in [4.78, 5) is 12.4. The van der Waals surface area contributed by atoms with Crippen molar-refractivity contribution in [3.8, 4) is 11.5 Å². The summed E-state index contributed by atoms with van der Waals surface area (Å²) < 4.78 is 5.29. The van der Waals surface area contributed by atoms with Crippen molar-refractivity contribution in [2.24, 2.45) is 0 Å². The van der Waals surface area contributed by atoms with Crippen molar-refractivity contribution in [3.63, 3.8) is 0 Å². The molecule has 5 atom stereocenters. The van der Waals surface area contributed by atoms with Crippen LogP contribution in [-0.2, 0) is 16.6 Å². The molecule has 23 heavy (non-hydrogen) atoms. The van der Waals surface area contributed by atoms with Gasteiger partial charge < -0.3 is 24.8 Å². The highest BCUT2D eigenvalue weighted by Gasteiger charge is 2.74. The summed E-state index contributed by atoms with van der Waals surface area (Å²) in [6, 6.07) is 2.73. The third-order valence-electron chi connectivity index (χ3n) is 6.36. The number of carbonyl (C=O) groups excluding carboxylic acids is 1. The first-order chi connectivity index (χ1) is 10.8. The largest absolute Gasteiger partial charge is 0.633 e. The van der Waals surface area contributed by atoms with Crippen molar-refractivity contribution in [2.45, 2.75) is 36.0 Å². The highest BCUT2D eigenvalue weighted by Crippen LogP contribution is 2.64. The number of likely N-dealkylation sites (N-methyl/N-ethyl adjacent to an activating group) is 1. The molecule has 1 fully saturated rings. The van der Waals surface area contributed by atoms with Crippen LogP contribution in [0.1, 0.15) is 17.5 Å². The van der Waals surface area contributed by atoms with Crippen LogP contribution in [0.2, 0.25) is 0 Å². The smallest absolute Gasteiger partial charge is 0.197 e. The number of hydrogen-bond donors (Lipinski definition) is 2. The number of aromatic hydroxyl groups is 1. The molecule has 2 bridgehead atoms. The number of hydroxylamine groups is 3. The number of hydrogen-bond acceptors (Lipinski definition) is 5. The number of benzene rings is 1. The molecule has 0 amide bonds. The number of ether oxygens (including phenoxy) is 1. The second-order valence-electron chi connectivity index (χ2n) is 7.35. The van der Waals surface area contributed by atoms with Gasteiger partial charge in [-0.2, -0.15) is 0 Å². The highest BCUT2D eigenvalue weighted by molar-refractivity contribution is 5.98. The average Bonchev–Trinajstić information content (AvgIpc) is 2.86. The second kappa shape index (κ2) is 3.61. The lowest BCUT2D eigenvalue weighted by atomic mass is 9.50. The summed E-state index contributed by atoms with van der Waals surface area (Å²) in [6.07, 6.45) is 2.70. The Bertz CT molecular complexity index is 800. The molecule has 6 nitrogen and oxygen atoms in total. The first-order valence-corrected chi connectivity index (χ1v) is 7.85. The zero-order valence-corrected chi connectivity index (χ0v) is 12.7. The van der Waals surface area contributed by atoms with Crippen molar-refractivity contribution in [1.29, 1.82) is 0 Å². The van der Waals surface area contributed by atoms with Crippen molar-refractivity contribution >= 4 is 5.78 Å². The van der Waals surface area contributed by atoms with E-state index in [4.69, 9.17) is 4.74 Å². The molecule has 4 aliphatic rings. The van der Waals surface area contributed by atoms with Crippen LogP contribution >= 0.6 is 0 Å². The van der Waals surface area contributed by atoms with Gasteiger partial charge in [-0.1, -0.05) is 6.07 Å². The Balaban J connectivity index is 1.91. The van der Waals surface area contributed by atoms with Gasteiger partial charge in [-0.05, 0) is 23.8 Å². The predicted molar refractivity (Wildman–Crippen MR) is 79.8 cm³/mol. The Morgan fingerprint density at radius 2 is 2.22 bits per heavy atom. The van der Waals surface area contributed by atoms with Gasteiger partial charge in [0.15, 0.2) is 23.4 Å². The molecule has 0 radical (unpaired) electrons. The number of piperidine rings is 1. The van der Waals surface area contributed by atoms with Crippen molar-refractivity contribution in [3.05, 3.63) is 40.6 Å². The molecule has 2 N–H and O–H groups in total. The summed E-state index contributed by atoms with van der Waals surface area (Å²) in [7, 11) is 1.58. The summed E-state index contributed by atoms with van der Waals surface area (Å²) in [5, 5.41) is 34.7. The number of carbonyl (C=O) groups is 1. The minimum Gasteiger partial charge on any atom is -0.633 e. The Morgan fingerprint density at radius 1 is 1.43 bits per heavy atom. The van der Waals surface area contributed by atoms with E-state index in [-0.39, 0.29) is 11.5 Å². The van der Waals surface area contributed by atoms with Gasteiger partial charge in [-0.25, -0.2) is 0 Å². The van der Waals surface area contributed by atoms with E-state index >= 15 is 0 Å². The lowest BCUT2D eigenvalue weighted by molar-refractivity contribution is -0.902. The molecule has 1 spiro atoms. The van der Waals surface area contributed by atoms with E-state index in [0.717, 1.165) is 11.1 Å². The number of phenols is 1. The molecule has 1 saturated heterocycles. The van der Waals surface area contributed by atoms with Gasteiger partial charge in [0, 0.05) is 18.4 Å². The maximum absolute atomic E-state index is 13.0. The summed E-state index contributed by atoms with van der Waals surface area (Å²) in [5.41, 5.74) is -0.795. The van der Waals surface area contributed by atoms with Crippen molar-refractivity contribution in [2.75, 3.05) is 13.6 Å². The van der Waals surface area contributed by atoms with Gasteiger partial charge in [0.05, 0.1) is 19.0 Å². The molecular weight excluding hydrogens is 298 g/mol. The van der Waals surface area contributed by atoms with Crippen LogP contribution in [0.3, 0.4) is 0 Å². The zero-order chi connectivity index (χ0) is 16.2. The fourth-order valence-corrected chi connectivity index (χ4v) is 5.29. The molecule has 2 aliphatic carbocycles. The number of likely N-dealkylation sites (tertiary alicyclic amines) is 1. The molecular formula is C17H17NO5. The Labute approximate surface area is 132 Å². The predicted octanol–water partition coefficient (Wildman–Crippen LogP) is 0.534. The molecule has 1 unspecified atom stereocenters. The topological polar surface area (TPSA) is 89.8 Å². The van der Waals surface area contributed by atoms with Crippen LogP contribution in [0, 0.1) is 5.21 Å². The molecule has 2 heterocycles. The number of ketones is 1. The number of nitrogens with zero attached hydrogens (tertiary/aromatic N) is 1. The monoisotopic (exact) mass is 315 g/mol. The van der Waals surface area contributed by atoms with E-state index in [1.54, 1.807) is 13.1 Å². The van der Waals surface area contributed by atoms with Gasteiger partial charge in [-0.3, -0.25) is 4.79 Å². The van der Waals surface area contributed by atoms with E-state index in [9.17, 15) is 20.2 Å². The third-order valence-corrected chi connectivity index (χ3v) is 6.36. The van der Waals surface area contributed by atoms with E-state index < -0.39 is 27.8 Å². The standard InChI is InChI=1S/C17H17NO5/c1-18(22)7-6-16-13-9-2-3-10(19)14(13)23-15(16)11(20)4-5-17(16,21)12(18)8-9/h2-5,12,15,19,21H,6-8H2,1H3/t12-,15+,16+,17?,18+/m1/s1. The molecule has 2 aliphatic heterocycles. The number of rotatable bonds is 0. The first-order valence-electron chi connectivity index (χ1n) is 7.85. The van der Waals surface area contributed by atoms with Gasteiger partial charge in [-0.15, -0.1) is 0 Å². The fraction of sp³-hybridized carbons (Fsp3) is 0.471. The quantitative estimate of drug-likeness (QED) is 0.538. The second-order valence-corrected chi connectivity index (χ2v) is 7.35. The normalized spacial score (nSPS) is 45.6. The minimum absolute atomic E-state index is 0.0222. The van der Waals surface area contributed by atoms with Crippen LogP contribution in [-0.4, -0.2) is 52.0 Å². The van der Waals surface area contributed by atoms with Crippen molar-refractivity contribution in [1.82, 2.24) is 0 Å². The minimum atomic E-state index is -1.44. The van der Waals surface area contributed by atoms with Crippen LogP contribution in [0.25, 0.3) is 0 Å². The van der Waals surface area contributed by atoms with E-state index in [2.05, 4.69) is 0 Å². The van der Waals surface area contributed by atoms with Crippen LogP contribution in [0.5, 0.6) is 11.5 Å². The first kappa shape index (κ1) is 13.5. The summed E-state index contributed by atoms with van der Waals surface area (Å²) >= 11 is 0. The van der Waals surface area contributed by atoms with Gasteiger partial charge in [0.1, 0.15) is 11.6 Å². The molecule has 0 aromatic heterocycles. The van der Waals surface area contributed by atoms with E-state index in [1.807, 2.05) is 0 Å². The fourth-order valence-electron chi connectivity index (χ4n) is 5.29. The molecule has 0 saturated carbocycles. The number of quaternary nitrogens is 1. The third kappa shape index (κ3) is 1.23. The lowest BCUT2D eigenvalue weighted by Crippen LogP contribution is -2.78. The van der Waals surface area contributed by atoms with Crippen molar-refractivity contribution < 1.29 is 24.4 Å². The average molecular weight is 315 g/mol. The Hall–Kier alpha value is -1.89. The van der Waals surface area contributed by atoms with Crippen LogP contribution < -0.4 is 4.74 Å². The zero-order valence-electron chi connectivity index (χ0n) is 12.7. The number of aliphatic hydroxyl groups is 1. The van der Waals surface area contributed by atoms with Crippen LogP contribution in [0.15, 0.2) is 24.3 Å². The Kier molecular flexibility index (Phi) is 2.12. The SMILES string of the molecule is C[N@+]1([O-])CC[C@]23c4c5ccc(O)c4O[C@H]2C(=O)C=CC3(O)[C@H]1C5. The van der Waals surface area contributed by atoms with Gasteiger partial charge >= 0.3 is 0 Å². The van der Waals surface area contributed by atoms with Gasteiger partial charge in [0.25, 0.3) is 0 Å². The summed E-state index contributed by atoms with van der Waals surface area (Å²) in [5.74, 6) is 0.0494. The van der Waals surface area contributed by atoms with E-state index in [0.29, 0.717) is 25.1 Å². The molecule has 6 heteroatoms. The number of phenolic OH excluding ortho intramolecular Hbond substituents is 1. The van der Waals surface area contributed by atoms with E-state index in [1.165, 1.54) is 18.2 Å². The molecule has 1 aromatic rings. The summed E-state index contributed by atoms with van der Waals surface area (Å²) in [6.45, 7) is 0.308. The Morgan fingerprint density at radius 3 is 3.00 bits per heavy atom. The maximum atomic E-state index is 13.0. The lowest BCUT2D eigenvalue weighted by Gasteiger charge is -2.64. The molecule has 5 rings (SSSR count). The van der Waals surface area contributed by atoms with Gasteiger partial charge in [0.2, 0.25) is 0 Å². The van der Waals surface area contributed by atoms with Crippen LogP contribution in [0.4, 0.5) is 0 Å². The maximum Gasteiger partial charge on any atom is 0.197 e. The highest BCUT2D eigenvalue weighted by atomic mass is 16.6. The molecule has 1 aromatic carbocycles.